The highest BCUT2D eigenvalue weighted by molar-refractivity contribution is 5.94. The summed E-state index contributed by atoms with van der Waals surface area (Å²) in [6.07, 6.45) is 5.54. The van der Waals surface area contributed by atoms with Crippen molar-refractivity contribution in [3.05, 3.63) is 96.4 Å². The van der Waals surface area contributed by atoms with Crippen LogP contribution in [0.15, 0.2) is 85.3 Å². The first kappa shape index (κ1) is 19.3. The van der Waals surface area contributed by atoms with Gasteiger partial charge in [0.1, 0.15) is 5.69 Å². The summed E-state index contributed by atoms with van der Waals surface area (Å²) < 4.78 is 0. The first-order valence-electron chi connectivity index (χ1n) is 10.8. The lowest BCUT2D eigenvalue weighted by Crippen LogP contribution is -2.12. The second-order valence-electron chi connectivity index (χ2n) is 7.96. The number of hydrogen-bond donors (Lipinski definition) is 3. The summed E-state index contributed by atoms with van der Waals surface area (Å²) in [5.41, 5.74) is 7.71. The molecule has 7 heteroatoms. The summed E-state index contributed by atoms with van der Waals surface area (Å²) in [5, 5.41) is 12.0. The van der Waals surface area contributed by atoms with Crippen molar-refractivity contribution in [3.63, 3.8) is 0 Å². The van der Waals surface area contributed by atoms with Gasteiger partial charge in [0.15, 0.2) is 5.82 Å². The molecule has 6 rings (SSSR count). The van der Waals surface area contributed by atoms with Gasteiger partial charge in [-0.15, -0.1) is 0 Å². The number of hydrogen-bond acceptors (Lipinski definition) is 5. The van der Waals surface area contributed by atoms with Crippen molar-refractivity contribution < 1.29 is 0 Å². The second-order valence-corrected chi connectivity index (χ2v) is 7.96. The van der Waals surface area contributed by atoms with Crippen LogP contribution in [0.4, 0.5) is 0 Å². The number of pyridine rings is 2. The first-order chi connectivity index (χ1) is 16.3. The molecule has 0 aliphatic heterocycles. The largest absolute Gasteiger partial charge is 0.337 e. The number of nitrogens with zero attached hydrogens (tertiary/aromatic N) is 4. The van der Waals surface area contributed by atoms with Gasteiger partial charge >= 0.3 is 0 Å². The summed E-state index contributed by atoms with van der Waals surface area (Å²) in [6.45, 7) is 1.54. The number of rotatable bonds is 6. The van der Waals surface area contributed by atoms with E-state index in [0.29, 0.717) is 0 Å². The number of benzene rings is 2. The minimum atomic E-state index is 0.730. The highest BCUT2D eigenvalue weighted by atomic mass is 15.1. The van der Waals surface area contributed by atoms with Gasteiger partial charge in [0.25, 0.3) is 0 Å². The van der Waals surface area contributed by atoms with E-state index in [1.807, 2.05) is 55.0 Å². The smallest absolute Gasteiger partial charge is 0.159 e. The molecule has 3 N–H and O–H groups in total. The molecule has 0 amide bonds. The van der Waals surface area contributed by atoms with Crippen molar-refractivity contribution in [3.8, 4) is 22.8 Å². The summed E-state index contributed by atoms with van der Waals surface area (Å²) >= 11 is 0. The van der Waals surface area contributed by atoms with Gasteiger partial charge in [0.05, 0.1) is 28.4 Å². The second kappa shape index (κ2) is 8.29. The molecule has 0 unspecified atom stereocenters. The fourth-order valence-corrected chi connectivity index (χ4v) is 3.99. The highest BCUT2D eigenvalue weighted by Crippen LogP contribution is 2.29. The van der Waals surface area contributed by atoms with E-state index in [2.05, 4.69) is 60.8 Å². The van der Waals surface area contributed by atoms with Crippen molar-refractivity contribution in [2.75, 3.05) is 0 Å². The maximum absolute atomic E-state index is 4.70. The molecule has 4 aromatic heterocycles. The monoisotopic (exact) mass is 431 g/mol. The standard InChI is InChI=1S/C26H21N7/c1-2-6-17(7-3-1)12-27-13-18-10-19(15-28-14-18)23-11-20-24(16-29-23)32-33-25(20)26-30-21-8-4-5-9-22(21)31-26/h1-11,14-16,27H,12-13H2,(H,30,31)(H,32,33). The van der Waals surface area contributed by atoms with Crippen molar-refractivity contribution in [2.24, 2.45) is 0 Å². The van der Waals surface area contributed by atoms with Crippen LogP contribution >= 0.6 is 0 Å². The summed E-state index contributed by atoms with van der Waals surface area (Å²) in [6, 6.07) is 22.5. The Morgan fingerprint density at radius 3 is 2.55 bits per heavy atom. The fourth-order valence-electron chi connectivity index (χ4n) is 3.99. The van der Waals surface area contributed by atoms with Gasteiger partial charge in [-0.25, -0.2) is 4.98 Å². The molecule has 33 heavy (non-hydrogen) atoms. The zero-order valence-corrected chi connectivity index (χ0v) is 17.8. The van der Waals surface area contributed by atoms with E-state index in [0.717, 1.165) is 63.4 Å². The van der Waals surface area contributed by atoms with Crippen LogP contribution in [0.1, 0.15) is 11.1 Å². The van der Waals surface area contributed by atoms with Crippen molar-refractivity contribution in [2.45, 2.75) is 13.1 Å². The van der Waals surface area contributed by atoms with Crippen LogP contribution < -0.4 is 5.32 Å². The molecular weight excluding hydrogens is 410 g/mol. The average molecular weight is 432 g/mol. The van der Waals surface area contributed by atoms with Gasteiger partial charge in [0, 0.05) is 36.4 Å². The lowest BCUT2D eigenvalue weighted by atomic mass is 10.1. The Bertz CT molecular complexity index is 1520. The van der Waals surface area contributed by atoms with E-state index in [1.54, 1.807) is 0 Å². The quantitative estimate of drug-likeness (QED) is 0.350. The molecule has 4 heterocycles. The highest BCUT2D eigenvalue weighted by Gasteiger charge is 2.14. The molecule has 7 nitrogen and oxygen atoms in total. The number of nitrogens with one attached hydrogen (secondary N) is 3. The third kappa shape index (κ3) is 3.86. The van der Waals surface area contributed by atoms with Crippen LogP contribution in [-0.4, -0.2) is 30.1 Å². The molecule has 0 saturated carbocycles. The molecule has 160 valence electrons. The number of fused-ring (bicyclic) bond motifs is 2. The molecule has 0 atom stereocenters. The van der Waals surface area contributed by atoms with Crippen molar-refractivity contribution >= 4 is 21.9 Å². The minimum Gasteiger partial charge on any atom is -0.337 e. The Balaban J connectivity index is 1.28. The SMILES string of the molecule is c1ccc(CNCc2cncc(-c3cc4c(-c5nc6ccccc6[nH]5)n[nH]c4cn3)c2)cc1. The summed E-state index contributed by atoms with van der Waals surface area (Å²) in [4.78, 5) is 17.1. The zero-order chi connectivity index (χ0) is 22.0. The molecule has 0 aliphatic carbocycles. The zero-order valence-electron chi connectivity index (χ0n) is 17.8. The Labute approximate surface area is 190 Å². The molecule has 6 aromatic rings. The van der Waals surface area contributed by atoms with E-state index >= 15 is 0 Å². The number of aromatic nitrogens is 6. The minimum absolute atomic E-state index is 0.730. The lowest BCUT2D eigenvalue weighted by Gasteiger charge is -2.07. The van der Waals surface area contributed by atoms with Crippen LogP contribution in [0, 0.1) is 0 Å². The van der Waals surface area contributed by atoms with Crippen LogP contribution in [-0.2, 0) is 13.1 Å². The molecule has 0 spiro atoms. The number of imidazole rings is 1. The Morgan fingerprint density at radius 2 is 1.64 bits per heavy atom. The van der Waals surface area contributed by atoms with E-state index in [-0.39, 0.29) is 0 Å². The van der Waals surface area contributed by atoms with Gasteiger partial charge in [0.2, 0.25) is 0 Å². The maximum atomic E-state index is 4.70. The molecule has 0 radical (unpaired) electrons. The van der Waals surface area contributed by atoms with Gasteiger partial charge in [-0.2, -0.15) is 5.10 Å². The van der Waals surface area contributed by atoms with Crippen LogP contribution in [0.5, 0.6) is 0 Å². The first-order valence-corrected chi connectivity index (χ1v) is 10.8. The van der Waals surface area contributed by atoms with E-state index in [4.69, 9.17) is 4.98 Å². The Morgan fingerprint density at radius 1 is 0.788 bits per heavy atom. The van der Waals surface area contributed by atoms with Gasteiger partial charge < -0.3 is 10.3 Å². The van der Waals surface area contributed by atoms with E-state index < -0.39 is 0 Å². The number of para-hydroxylation sites is 2. The van der Waals surface area contributed by atoms with Gasteiger partial charge in [-0.1, -0.05) is 42.5 Å². The topological polar surface area (TPSA) is 95.2 Å². The molecule has 0 bridgehead atoms. The maximum Gasteiger partial charge on any atom is 0.159 e. The van der Waals surface area contributed by atoms with Crippen LogP contribution in [0.25, 0.3) is 44.7 Å². The predicted octanol–water partition coefficient (Wildman–Crippen LogP) is 4.85. The molecule has 0 saturated heterocycles. The van der Waals surface area contributed by atoms with Crippen molar-refractivity contribution in [1.29, 1.82) is 0 Å². The predicted molar refractivity (Wildman–Crippen MR) is 129 cm³/mol. The summed E-state index contributed by atoms with van der Waals surface area (Å²) in [5.74, 6) is 0.733. The molecule has 0 fully saturated rings. The molecular formula is C26H21N7. The van der Waals surface area contributed by atoms with Gasteiger partial charge in [-0.05, 0) is 35.4 Å². The average Bonchev–Trinajstić information content (AvgIpc) is 3.48. The number of aromatic amines is 2. The van der Waals surface area contributed by atoms with E-state index in [1.165, 1.54) is 5.56 Å². The van der Waals surface area contributed by atoms with Gasteiger partial charge in [-0.3, -0.25) is 15.1 Å². The third-order valence-corrected chi connectivity index (χ3v) is 5.65. The summed E-state index contributed by atoms with van der Waals surface area (Å²) in [7, 11) is 0. The third-order valence-electron chi connectivity index (χ3n) is 5.65. The molecule has 2 aromatic carbocycles. The normalized spacial score (nSPS) is 11.4. The van der Waals surface area contributed by atoms with Crippen molar-refractivity contribution in [1.82, 2.24) is 35.5 Å². The Hall–Kier alpha value is -4.36. The van der Waals surface area contributed by atoms with Crippen LogP contribution in [0.3, 0.4) is 0 Å². The number of H-pyrrole nitrogens is 2. The Kier molecular flexibility index (Phi) is 4.86. The van der Waals surface area contributed by atoms with E-state index in [9.17, 15) is 0 Å². The molecule has 0 aliphatic rings. The van der Waals surface area contributed by atoms with Crippen LogP contribution in [0.2, 0.25) is 0 Å². The fraction of sp³-hybridized carbons (Fsp3) is 0.0769. The lowest BCUT2D eigenvalue weighted by molar-refractivity contribution is 0.691.